The maximum Gasteiger partial charge on any atom is 0.0329 e. The lowest BCUT2D eigenvalue weighted by atomic mass is 9.73. The maximum atomic E-state index is 5.84. The molecule has 0 saturated heterocycles. The van der Waals surface area contributed by atoms with Gasteiger partial charge >= 0.3 is 0 Å². The maximum absolute atomic E-state index is 5.84. The zero-order chi connectivity index (χ0) is 13.7. The molecule has 0 bridgehead atoms. The molecule has 2 fully saturated rings. The summed E-state index contributed by atoms with van der Waals surface area (Å²) >= 11 is 2.18. The second-order valence-corrected chi connectivity index (χ2v) is 8.23. The molecule has 0 spiro atoms. The number of rotatable bonds is 5. The van der Waals surface area contributed by atoms with E-state index in [4.69, 9.17) is 5.84 Å². The molecule has 0 amide bonds. The molecule has 0 aliphatic heterocycles. The van der Waals surface area contributed by atoms with Gasteiger partial charge in [0.05, 0.1) is 0 Å². The molecular weight excluding hydrogens is 252 g/mol. The first-order valence-corrected chi connectivity index (χ1v) is 9.33. The minimum atomic E-state index is 0.530. The smallest absolute Gasteiger partial charge is 0.0329 e. The van der Waals surface area contributed by atoms with Crippen LogP contribution in [0.3, 0.4) is 0 Å². The Labute approximate surface area is 123 Å². The van der Waals surface area contributed by atoms with Crippen LogP contribution in [0.4, 0.5) is 0 Å². The highest BCUT2D eigenvalue weighted by Gasteiger charge is 2.30. The predicted molar refractivity (Wildman–Crippen MR) is 86.1 cm³/mol. The van der Waals surface area contributed by atoms with Crippen LogP contribution in [0.2, 0.25) is 0 Å². The van der Waals surface area contributed by atoms with Crippen LogP contribution >= 0.6 is 11.8 Å². The van der Waals surface area contributed by atoms with Crippen LogP contribution in [0.1, 0.15) is 65.2 Å². The topological polar surface area (TPSA) is 38.0 Å². The summed E-state index contributed by atoms with van der Waals surface area (Å²) in [6, 6.07) is 0.530. The van der Waals surface area contributed by atoms with Gasteiger partial charge in [-0.2, -0.15) is 11.8 Å². The summed E-state index contributed by atoms with van der Waals surface area (Å²) in [4.78, 5) is 0. The molecule has 2 saturated carbocycles. The van der Waals surface area contributed by atoms with E-state index in [0.29, 0.717) is 6.04 Å². The van der Waals surface area contributed by atoms with E-state index < -0.39 is 0 Å². The minimum Gasteiger partial charge on any atom is -0.271 e. The highest BCUT2D eigenvalue weighted by atomic mass is 32.2. The van der Waals surface area contributed by atoms with Crippen LogP contribution in [0.25, 0.3) is 0 Å². The largest absolute Gasteiger partial charge is 0.271 e. The van der Waals surface area contributed by atoms with Crippen molar-refractivity contribution in [2.24, 2.45) is 23.6 Å². The summed E-state index contributed by atoms with van der Waals surface area (Å²) < 4.78 is 0. The molecule has 0 heterocycles. The Morgan fingerprint density at radius 1 is 1.05 bits per heavy atom. The second kappa shape index (κ2) is 7.90. The molecule has 0 aromatic carbocycles. The Hall–Kier alpha value is 0.270. The number of nitrogens with two attached hydrogens (primary N) is 1. The van der Waals surface area contributed by atoms with E-state index in [1.54, 1.807) is 0 Å². The van der Waals surface area contributed by atoms with Gasteiger partial charge in [-0.05, 0) is 43.4 Å². The molecule has 19 heavy (non-hydrogen) atoms. The molecule has 112 valence electrons. The van der Waals surface area contributed by atoms with Crippen LogP contribution < -0.4 is 11.3 Å². The first kappa shape index (κ1) is 15.7. The summed E-state index contributed by atoms with van der Waals surface area (Å²) in [6.45, 7) is 4.82. The number of hydrazine groups is 1. The quantitative estimate of drug-likeness (QED) is 0.593. The van der Waals surface area contributed by atoms with Crippen molar-refractivity contribution >= 4 is 11.8 Å². The Morgan fingerprint density at radius 2 is 1.79 bits per heavy atom. The van der Waals surface area contributed by atoms with Gasteiger partial charge in [-0.15, -0.1) is 0 Å². The minimum absolute atomic E-state index is 0.530. The molecule has 2 aliphatic rings. The fourth-order valence-corrected chi connectivity index (χ4v) is 5.26. The van der Waals surface area contributed by atoms with Crippen molar-refractivity contribution in [3.63, 3.8) is 0 Å². The van der Waals surface area contributed by atoms with Crippen molar-refractivity contribution in [2.75, 3.05) is 5.75 Å². The van der Waals surface area contributed by atoms with Gasteiger partial charge in [0.15, 0.2) is 0 Å². The predicted octanol–water partition coefficient (Wildman–Crippen LogP) is 3.96. The summed E-state index contributed by atoms with van der Waals surface area (Å²) in [5, 5.41) is 0.907. The summed E-state index contributed by atoms with van der Waals surface area (Å²) in [5.41, 5.74) is 3.13. The normalized spacial score (nSPS) is 35.2. The second-order valence-electron chi connectivity index (χ2n) is 6.89. The number of hydrogen-bond donors (Lipinski definition) is 2. The summed E-state index contributed by atoms with van der Waals surface area (Å²) in [6.07, 6.45) is 11.3. The molecule has 4 atom stereocenters. The highest BCUT2D eigenvalue weighted by Crippen LogP contribution is 2.36. The average molecular weight is 285 g/mol. The number of nitrogens with one attached hydrogen (secondary N) is 1. The molecular formula is C16H32N2S. The van der Waals surface area contributed by atoms with E-state index in [2.05, 4.69) is 31.0 Å². The van der Waals surface area contributed by atoms with Crippen LogP contribution in [-0.4, -0.2) is 17.0 Å². The van der Waals surface area contributed by atoms with E-state index in [9.17, 15) is 0 Å². The fourth-order valence-electron chi connectivity index (χ4n) is 3.75. The van der Waals surface area contributed by atoms with Gasteiger partial charge in [0.2, 0.25) is 0 Å². The van der Waals surface area contributed by atoms with Crippen LogP contribution in [0, 0.1) is 17.8 Å². The molecule has 2 nitrogen and oxygen atoms in total. The number of hydrogen-bond acceptors (Lipinski definition) is 3. The van der Waals surface area contributed by atoms with Crippen LogP contribution in [0.15, 0.2) is 0 Å². The van der Waals surface area contributed by atoms with E-state index in [1.807, 2.05) is 0 Å². The molecule has 2 aliphatic carbocycles. The standard InChI is InChI=1S/C16H32N2S/c1-12-8-9-14(10-13(12)2)16(18-17)11-19-15-6-4-3-5-7-15/h12-16,18H,3-11,17H2,1-2H3. The number of thioether (sulfide) groups is 1. The lowest BCUT2D eigenvalue weighted by Gasteiger charge is -2.37. The molecule has 2 rings (SSSR count). The van der Waals surface area contributed by atoms with Crippen molar-refractivity contribution in [3.05, 3.63) is 0 Å². The summed E-state index contributed by atoms with van der Waals surface area (Å²) in [5.74, 6) is 9.62. The van der Waals surface area contributed by atoms with Crippen LogP contribution in [0.5, 0.6) is 0 Å². The molecule has 0 radical (unpaired) electrons. The van der Waals surface area contributed by atoms with Gasteiger partial charge < -0.3 is 0 Å². The lowest BCUT2D eigenvalue weighted by molar-refractivity contribution is 0.178. The fraction of sp³-hybridized carbons (Fsp3) is 1.00. The van der Waals surface area contributed by atoms with Crippen molar-refractivity contribution in [3.8, 4) is 0 Å². The van der Waals surface area contributed by atoms with Gasteiger partial charge in [-0.25, -0.2) is 0 Å². The lowest BCUT2D eigenvalue weighted by Crippen LogP contribution is -2.45. The zero-order valence-corrected chi connectivity index (χ0v) is 13.6. The third-order valence-electron chi connectivity index (χ3n) is 5.49. The SMILES string of the molecule is CC1CCC(C(CSC2CCCCC2)NN)CC1C. The molecule has 3 heteroatoms. The van der Waals surface area contributed by atoms with Crippen molar-refractivity contribution in [1.29, 1.82) is 0 Å². The molecule has 3 N–H and O–H groups in total. The highest BCUT2D eigenvalue weighted by molar-refractivity contribution is 7.99. The van der Waals surface area contributed by atoms with E-state index in [-0.39, 0.29) is 0 Å². The summed E-state index contributed by atoms with van der Waals surface area (Å²) in [7, 11) is 0. The third-order valence-corrected chi connectivity index (χ3v) is 6.98. The Kier molecular flexibility index (Phi) is 6.51. The van der Waals surface area contributed by atoms with E-state index in [0.717, 1.165) is 23.0 Å². The first-order valence-electron chi connectivity index (χ1n) is 8.28. The zero-order valence-electron chi connectivity index (χ0n) is 12.7. The monoisotopic (exact) mass is 284 g/mol. The van der Waals surface area contributed by atoms with Gasteiger partial charge in [0, 0.05) is 17.0 Å². The van der Waals surface area contributed by atoms with Crippen molar-refractivity contribution in [2.45, 2.75) is 76.5 Å². The van der Waals surface area contributed by atoms with Gasteiger partial charge in [-0.3, -0.25) is 11.3 Å². The Bertz CT molecular complexity index is 253. The van der Waals surface area contributed by atoms with Gasteiger partial charge in [0.1, 0.15) is 0 Å². The third kappa shape index (κ3) is 4.64. The van der Waals surface area contributed by atoms with Crippen molar-refractivity contribution < 1.29 is 0 Å². The van der Waals surface area contributed by atoms with Gasteiger partial charge in [0.25, 0.3) is 0 Å². The Balaban J connectivity index is 1.75. The molecule has 4 unspecified atom stereocenters. The molecule has 0 aromatic heterocycles. The molecule has 0 aromatic rings. The van der Waals surface area contributed by atoms with E-state index in [1.165, 1.54) is 57.1 Å². The van der Waals surface area contributed by atoms with Gasteiger partial charge in [-0.1, -0.05) is 39.5 Å². The van der Waals surface area contributed by atoms with Crippen LogP contribution in [-0.2, 0) is 0 Å². The van der Waals surface area contributed by atoms with E-state index >= 15 is 0 Å². The average Bonchev–Trinajstić information content (AvgIpc) is 2.44. The first-order chi connectivity index (χ1) is 9.20. The Morgan fingerprint density at radius 3 is 2.42 bits per heavy atom. The van der Waals surface area contributed by atoms with Crippen molar-refractivity contribution in [1.82, 2.24) is 5.43 Å².